The molecule has 4 nitrogen and oxygen atoms in total. The Kier molecular flexibility index (Phi) is 8.83. The molecule has 1 aromatic rings. The summed E-state index contributed by atoms with van der Waals surface area (Å²) in [6.07, 6.45) is 0.479. The van der Waals surface area contributed by atoms with Crippen LogP contribution in [0.4, 0.5) is 8.78 Å². The molecule has 0 atom stereocenters. The number of halogens is 2. The Bertz CT molecular complexity index is 578. The minimum atomic E-state index is -1.74. The van der Waals surface area contributed by atoms with Crippen LogP contribution in [0.25, 0.3) is 0 Å². The quantitative estimate of drug-likeness (QED) is 0.345. The van der Waals surface area contributed by atoms with Gasteiger partial charge in [0.15, 0.2) is 0 Å². The molecule has 0 fully saturated rings. The van der Waals surface area contributed by atoms with Crippen molar-refractivity contribution in [3.8, 4) is 11.5 Å². The molecule has 0 unspecified atom stereocenters. The molecule has 0 spiro atoms. The molecule has 0 aliphatic heterocycles. The maximum Gasteiger partial charge on any atom is 0.269 e. The molecule has 6 heteroatoms. The fourth-order valence-electron chi connectivity index (χ4n) is 2.04. The van der Waals surface area contributed by atoms with Gasteiger partial charge in [0.05, 0.1) is 12.3 Å². The number of hydrogen-bond acceptors (Lipinski definition) is 4. The third-order valence-corrected chi connectivity index (χ3v) is 3.07. The molecular formula is C18H25F2NO3. The van der Waals surface area contributed by atoms with E-state index in [0.29, 0.717) is 19.0 Å². The summed E-state index contributed by atoms with van der Waals surface area (Å²) in [5.74, 6) is 1.37. The van der Waals surface area contributed by atoms with E-state index in [1.165, 1.54) is 0 Å². The number of benzene rings is 1. The first-order valence-corrected chi connectivity index (χ1v) is 7.97. The Balaban J connectivity index is 2.60. The molecule has 0 bridgehead atoms. The van der Waals surface area contributed by atoms with Crippen molar-refractivity contribution in [1.29, 1.82) is 0 Å². The van der Waals surface area contributed by atoms with Crippen LogP contribution < -0.4 is 9.47 Å². The Morgan fingerprint density at radius 3 is 2.54 bits per heavy atom. The van der Waals surface area contributed by atoms with Crippen LogP contribution in [0.1, 0.15) is 38.3 Å². The van der Waals surface area contributed by atoms with Crippen molar-refractivity contribution in [1.82, 2.24) is 0 Å². The van der Waals surface area contributed by atoms with Crippen LogP contribution in [-0.2, 0) is 11.3 Å². The maximum absolute atomic E-state index is 12.0. The van der Waals surface area contributed by atoms with E-state index in [0.717, 1.165) is 41.5 Å². The number of oxime groups is 1. The molecule has 1 aromatic carbocycles. The van der Waals surface area contributed by atoms with Gasteiger partial charge in [-0.3, -0.25) is 0 Å². The zero-order chi connectivity index (χ0) is 17.9. The molecule has 0 aliphatic carbocycles. The van der Waals surface area contributed by atoms with Crippen molar-refractivity contribution < 1.29 is 23.1 Å². The average Bonchev–Trinajstić information content (AvgIpc) is 2.51. The van der Waals surface area contributed by atoms with Crippen molar-refractivity contribution in [3.05, 3.63) is 35.4 Å². The van der Waals surface area contributed by atoms with Gasteiger partial charge in [-0.2, -0.15) is 8.78 Å². The van der Waals surface area contributed by atoms with Gasteiger partial charge in [-0.15, -0.1) is 0 Å². The minimum Gasteiger partial charge on any atom is -0.493 e. The monoisotopic (exact) mass is 341 g/mol. The summed E-state index contributed by atoms with van der Waals surface area (Å²) >= 11 is 0. The third kappa shape index (κ3) is 7.44. The second-order valence-electron chi connectivity index (χ2n) is 5.46. The van der Waals surface area contributed by atoms with Crippen LogP contribution in [0.5, 0.6) is 11.5 Å². The zero-order valence-electron chi connectivity index (χ0n) is 14.7. The number of rotatable bonds is 10. The molecule has 0 aliphatic rings. The highest BCUT2D eigenvalue weighted by molar-refractivity contribution is 5.78. The van der Waals surface area contributed by atoms with Gasteiger partial charge >= 0.3 is 0 Å². The number of ether oxygens (including phenoxy) is 2. The van der Waals surface area contributed by atoms with Crippen molar-refractivity contribution in [2.45, 2.75) is 40.5 Å². The molecule has 0 saturated heterocycles. The van der Waals surface area contributed by atoms with Crippen LogP contribution in [0.3, 0.4) is 0 Å². The van der Waals surface area contributed by atoms with Gasteiger partial charge < -0.3 is 14.3 Å². The lowest BCUT2D eigenvalue weighted by molar-refractivity contribution is 0.127. The first-order valence-electron chi connectivity index (χ1n) is 7.97. The standard InChI is InChI=1S/C18H25F2NO3/c1-5-15-12-16(22-10-7-17(19)20)11-14(4)18(15)23-8-6-9-24-21-13(2)3/h7,11-12H,5-6,8-10H2,1-4H3. The maximum atomic E-state index is 12.0. The molecule has 24 heavy (non-hydrogen) atoms. The van der Waals surface area contributed by atoms with Gasteiger partial charge in [0.25, 0.3) is 6.08 Å². The van der Waals surface area contributed by atoms with Crippen LogP contribution in [-0.4, -0.2) is 25.5 Å². The largest absolute Gasteiger partial charge is 0.493 e. The van der Waals surface area contributed by atoms with Crippen molar-refractivity contribution >= 4 is 5.71 Å². The van der Waals surface area contributed by atoms with E-state index in [-0.39, 0.29) is 6.61 Å². The number of hydrogen-bond donors (Lipinski definition) is 0. The van der Waals surface area contributed by atoms with E-state index in [2.05, 4.69) is 5.16 Å². The lowest BCUT2D eigenvalue weighted by atomic mass is 10.1. The summed E-state index contributed by atoms with van der Waals surface area (Å²) in [5, 5.41) is 3.86. The fraction of sp³-hybridized carbons (Fsp3) is 0.500. The summed E-state index contributed by atoms with van der Waals surface area (Å²) in [6, 6.07) is 3.62. The highest BCUT2D eigenvalue weighted by Crippen LogP contribution is 2.29. The highest BCUT2D eigenvalue weighted by atomic mass is 19.3. The van der Waals surface area contributed by atoms with Crippen molar-refractivity contribution in [2.75, 3.05) is 19.8 Å². The lowest BCUT2D eigenvalue weighted by Crippen LogP contribution is -2.05. The normalized spacial score (nSPS) is 10.1. The predicted molar refractivity (Wildman–Crippen MR) is 91.2 cm³/mol. The topological polar surface area (TPSA) is 40.0 Å². The fourth-order valence-corrected chi connectivity index (χ4v) is 2.04. The second kappa shape index (κ2) is 10.6. The molecule has 0 heterocycles. The van der Waals surface area contributed by atoms with Gasteiger partial charge in [0.1, 0.15) is 24.7 Å². The molecule has 134 valence electrons. The van der Waals surface area contributed by atoms with Crippen molar-refractivity contribution in [2.24, 2.45) is 5.16 Å². The van der Waals surface area contributed by atoms with Crippen LogP contribution in [0.15, 0.2) is 29.4 Å². The highest BCUT2D eigenvalue weighted by Gasteiger charge is 2.09. The molecule has 0 N–H and O–H groups in total. The SMILES string of the molecule is CCc1cc(OCC=C(F)F)cc(C)c1OCCCON=C(C)C. The second-order valence-corrected chi connectivity index (χ2v) is 5.46. The Hall–Kier alpha value is -2.11. The first kappa shape index (κ1) is 19.9. The van der Waals surface area contributed by atoms with Gasteiger partial charge in [-0.1, -0.05) is 12.1 Å². The van der Waals surface area contributed by atoms with E-state index in [1.54, 1.807) is 6.07 Å². The predicted octanol–water partition coefficient (Wildman–Crippen LogP) is 4.90. The van der Waals surface area contributed by atoms with Crippen LogP contribution in [0.2, 0.25) is 0 Å². The molecule has 0 amide bonds. The molecule has 1 rings (SSSR count). The summed E-state index contributed by atoms with van der Waals surface area (Å²) in [5.41, 5.74) is 2.77. The summed E-state index contributed by atoms with van der Waals surface area (Å²) in [4.78, 5) is 5.12. The minimum absolute atomic E-state index is 0.153. The van der Waals surface area contributed by atoms with Crippen LogP contribution in [0, 0.1) is 6.92 Å². The Labute approximate surface area is 142 Å². The molecule has 0 aromatic heterocycles. The third-order valence-electron chi connectivity index (χ3n) is 3.07. The summed E-state index contributed by atoms with van der Waals surface area (Å²) in [6.45, 7) is 8.52. The van der Waals surface area contributed by atoms with E-state index in [1.807, 2.05) is 33.8 Å². The first-order chi connectivity index (χ1) is 11.4. The molecule has 0 radical (unpaired) electrons. The lowest BCUT2D eigenvalue weighted by Gasteiger charge is -2.15. The summed E-state index contributed by atoms with van der Waals surface area (Å²) < 4.78 is 35.3. The number of nitrogens with zero attached hydrogens (tertiary/aromatic N) is 1. The van der Waals surface area contributed by atoms with Gasteiger partial charge in [0.2, 0.25) is 0 Å². The van der Waals surface area contributed by atoms with E-state index in [9.17, 15) is 8.78 Å². The van der Waals surface area contributed by atoms with E-state index >= 15 is 0 Å². The zero-order valence-corrected chi connectivity index (χ0v) is 14.7. The van der Waals surface area contributed by atoms with Gasteiger partial charge in [-0.05, 0) is 50.5 Å². The number of aryl methyl sites for hydroxylation is 2. The smallest absolute Gasteiger partial charge is 0.269 e. The summed E-state index contributed by atoms with van der Waals surface area (Å²) in [7, 11) is 0. The average molecular weight is 341 g/mol. The van der Waals surface area contributed by atoms with Gasteiger partial charge in [0, 0.05) is 12.5 Å². The van der Waals surface area contributed by atoms with Crippen molar-refractivity contribution in [3.63, 3.8) is 0 Å². The van der Waals surface area contributed by atoms with Crippen LogP contribution >= 0.6 is 0 Å². The van der Waals surface area contributed by atoms with E-state index < -0.39 is 6.08 Å². The Morgan fingerprint density at radius 2 is 1.92 bits per heavy atom. The Morgan fingerprint density at radius 1 is 1.17 bits per heavy atom. The van der Waals surface area contributed by atoms with Gasteiger partial charge in [-0.25, -0.2) is 0 Å². The molecule has 0 saturated carbocycles. The molecular weight excluding hydrogens is 316 g/mol. The van der Waals surface area contributed by atoms with E-state index in [4.69, 9.17) is 14.3 Å².